The van der Waals surface area contributed by atoms with Crippen molar-refractivity contribution in [3.05, 3.63) is 30.1 Å². The third-order valence-electron chi connectivity index (χ3n) is 4.15. The third kappa shape index (κ3) is 4.76. The fourth-order valence-electron chi connectivity index (χ4n) is 2.69. The fourth-order valence-corrected chi connectivity index (χ4v) is 2.69. The highest BCUT2D eigenvalue weighted by atomic mass is 16.2. The zero-order valence-corrected chi connectivity index (χ0v) is 14.2. The molecule has 1 aliphatic rings. The van der Waals surface area contributed by atoms with Gasteiger partial charge >= 0.3 is 0 Å². The minimum atomic E-state index is -0.520. The second kappa shape index (κ2) is 8.06. The van der Waals surface area contributed by atoms with E-state index in [0.29, 0.717) is 12.2 Å². The van der Waals surface area contributed by atoms with Crippen LogP contribution in [0, 0.1) is 5.92 Å². The lowest BCUT2D eigenvalue weighted by Crippen LogP contribution is -2.52. The van der Waals surface area contributed by atoms with Crippen LogP contribution in [0.5, 0.6) is 0 Å². The number of likely N-dealkylation sites (N-methyl/N-ethyl adjacent to an activating group) is 1. The Bertz CT molecular complexity index is 533. The van der Waals surface area contributed by atoms with Gasteiger partial charge in [-0.15, -0.1) is 0 Å². The third-order valence-corrected chi connectivity index (χ3v) is 4.15. The smallest absolute Gasteiger partial charge is 0.270 e. The van der Waals surface area contributed by atoms with Crippen LogP contribution in [0.15, 0.2) is 24.4 Å². The summed E-state index contributed by atoms with van der Waals surface area (Å²) in [7, 11) is 2.07. The summed E-state index contributed by atoms with van der Waals surface area (Å²) >= 11 is 0. The highest BCUT2D eigenvalue weighted by Gasteiger charge is 2.29. The Morgan fingerprint density at radius 2 is 1.96 bits per heavy atom. The van der Waals surface area contributed by atoms with E-state index in [1.807, 2.05) is 18.7 Å². The average Bonchev–Trinajstić information content (AvgIpc) is 2.77. The van der Waals surface area contributed by atoms with Crippen molar-refractivity contribution >= 4 is 11.8 Å². The first-order valence-electron chi connectivity index (χ1n) is 8.18. The Morgan fingerprint density at radius 3 is 2.61 bits per heavy atom. The highest BCUT2D eigenvalue weighted by molar-refractivity contribution is 5.96. The first-order valence-corrected chi connectivity index (χ1v) is 8.18. The fraction of sp³-hybridized carbons (Fsp3) is 0.588. The van der Waals surface area contributed by atoms with E-state index in [2.05, 4.69) is 22.2 Å². The summed E-state index contributed by atoms with van der Waals surface area (Å²) in [6, 6.07) is 4.65. The first kappa shape index (κ1) is 17.4. The SMILES string of the molecule is CC(C)[C@@H](NC(=O)c1ccccn1)C(=O)N1CCCN(C)CC1. The molecule has 23 heavy (non-hydrogen) atoms. The van der Waals surface area contributed by atoms with E-state index in [0.717, 1.165) is 26.1 Å². The van der Waals surface area contributed by atoms with Crippen LogP contribution in [-0.4, -0.2) is 65.9 Å². The molecule has 0 aromatic carbocycles. The molecule has 6 nitrogen and oxygen atoms in total. The van der Waals surface area contributed by atoms with Crippen molar-refractivity contribution in [3.63, 3.8) is 0 Å². The van der Waals surface area contributed by atoms with Gasteiger partial charge in [-0.05, 0) is 38.1 Å². The quantitative estimate of drug-likeness (QED) is 0.899. The summed E-state index contributed by atoms with van der Waals surface area (Å²) in [6.45, 7) is 7.21. The molecule has 1 aromatic rings. The van der Waals surface area contributed by atoms with Crippen molar-refractivity contribution in [2.24, 2.45) is 5.92 Å². The number of nitrogens with one attached hydrogen (secondary N) is 1. The zero-order chi connectivity index (χ0) is 16.8. The van der Waals surface area contributed by atoms with Crippen LogP contribution in [0.25, 0.3) is 0 Å². The molecule has 0 unspecified atom stereocenters. The molecular formula is C17H26N4O2. The lowest BCUT2D eigenvalue weighted by atomic mass is 10.0. The molecule has 2 amide bonds. The van der Waals surface area contributed by atoms with Crippen LogP contribution in [0.4, 0.5) is 0 Å². The molecule has 2 rings (SSSR count). The van der Waals surface area contributed by atoms with Crippen LogP contribution in [0.1, 0.15) is 30.8 Å². The number of pyridine rings is 1. The van der Waals surface area contributed by atoms with E-state index >= 15 is 0 Å². The first-order chi connectivity index (χ1) is 11.0. The van der Waals surface area contributed by atoms with Crippen LogP contribution in [0.2, 0.25) is 0 Å². The molecule has 1 aliphatic heterocycles. The molecule has 6 heteroatoms. The summed E-state index contributed by atoms with van der Waals surface area (Å²) in [5, 5.41) is 2.86. The molecule has 0 radical (unpaired) electrons. The van der Waals surface area contributed by atoms with Crippen molar-refractivity contribution < 1.29 is 9.59 Å². The van der Waals surface area contributed by atoms with E-state index in [1.54, 1.807) is 24.4 Å². The van der Waals surface area contributed by atoms with Crippen LogP contribution >= 0.6 is 0 Å². The number of hydrogen-bond acceptors (Lipinski definition) is 4. The van der Waals surface area contributed by atoms with Gasteiger partial charge in [-0.25, -0.2) is 0 Å². The number of rotatable bonds is 4. The molecular weight excluding hydrogens is 292 g/mol. The minimum absolute atomic E-state index is 0.000388. The van der Waals surface area contributed by atoms with Gasteiger partial charge in [-0.2, -0.15) is 0 Å². The highest BCUT2D eigenvalue weighted by Crippen LogP contribution is 2.10. The van der Waals surface area contributed by atoms with Crippen molar-refractivity contribution in [2.75, 3.05) is 33.2 Å². The summed E-state index contributed by atoms with van der Waals surface area (Å²) in [5.41, 5.74) is 0.335. The van der Waals surface area contributed by atoms with Gasteiger partial charge in [0.15, 0.2) is 0 Å². The summed E-state index contributed by atoms with van der Waals surface area (Å²) in [4.78, 5) is 33.3. The average molecular weight is 318 g/mol. The van der Waals surface area contributed by atoms with Crippen LogP contribution < -0.4 is 5.32 Å². The van der Waals surface area contributed by atoms with Crippen LogP contribution in [0.3, 0.4) is 0 Å². The molecule has 1 aromatic heterocycles. The molecule has 1 N–H and O–H groups in total. The van der Waals surface area contributed by atoms with Gasteiger partial charge in [0.25, 0.3) is 5.91 Å². The number of aromatic nitrogens is 1. The van der Waals surface area contributed by atoms with Gasteiger partial charge in [0, 0.05) is 25.8 Å². The molecule has 0 saturated carbocycles. The summed E-state index contributed by atoms with van der Waals surface area (Å²) in [6.07, 6.45) is 2.53. The van der Waals surface area contributed by atoms with Gasteiger partial charge in [-0.3, -0.25) is 14.6 Å². The monoisotopic (exact) mass is 318 g/mol. The predicted molar refractivity (Wildman–Crippen MR) is 89.0 cm³/mol. The number of amides is 2. The van der Waals surface area contributed by atoms with Crippen LogP contribution in [-0.2, 0) is 4.79 Å². The number of nitrogens with zero attached hydrogens (tertiary/aromatic N) is 3. The molecule has 2 heterocycles. The van der Waals surface area contributed by atoms with Gasteiger partial charge in [0.1, 0.15) is 11.7 Å². The molecule has 1 atom stereocenters. The zero-order valence-electron chi connectivity index (χ0n) is 14.2. The Kier molecular flexibility index (Phi) is 6.10. The molecule has 1 saturated heterocycles. The van der Waals surface area contributed by atoms with Gasteiger partial charge in [-0.1, -0.05) is 19.9 Å². The second-order valence-electron chi connectivity index (χ2n) is 6.39. The van der Waals surface area contributed by atoms with Gasteiger partial charge in [0.2, 0.25) is 5.91 Å². The summed E-state index contributed by atoms with van der Waals surface area (Å²) < 4.78 is 0. The Hall–Kier alpha value is -1.95. The number of carbonyl (C=O) groups excluding carboxylic acids is 2. The van der Waals surface area contributed by atoms with Crippen molar-refractivity contribution in [3.8, 4) is 0 Å². The number of hydrogen-bond donors (Lipinski definition) is 1. The maximum atomic E-state index is 12.8. The van der Waals surface area contributed by atoms with E-state index in [9.17, 15) is 9.59 Å². The Balaban J connectivity index is 2.05. The molecule has 126 valence electrons. The molecule has 0 aliphatic carbocycles. The lowest BCUT2D eigenvalue weighted by Gasteiger charge is -2.28. The maximum absolute atomic E-state index is 12.8. The van der Waals surface area contributed by atoms with E-state index in [1.165, 1.54) is 0 Å². The number of carbonyl (C=O) groups is 2. The van der Waals surface area contributed by atoms with Crippen molar-refractivity contribution in [1.29, 1.82) is 0 Å². The minimum Gasteiger partial charge on any atom is -0.340 e. The van der Waals surface area contributed by atoms with E-state index in [-0.39, 0.29) is 17.7 Å². The molecule has 1 fully saturated rings. The lowest BCUT2D eigenvalue weighted by molar-refractivity contribution is -0.134. The largest absolute Gasteiger partial charge is 0.340 e. The molecule has 0 spiro atoms. The Morgan fingerprint density at radius 1 is 1.17 bits per heavy atom. The second-order valence-corrected chi connectivity index (χ2v) is 6.39. The molecule has 0 bridgehead atoms. The summed E-state index contributed by atoms with van der Waals surface area (Å²) in [5.74, 6) is -0.277. The maximum Gasteiger partial charge on any atom is 0.270 e. The predicted octanol–water partition coefficient (Wildman–Crippen LogP) is 1.00. The van der Waals surface area contributed by atoms with Crippen molar-refractivity contribution in [1.82, 2.24) is 20.1 Å². The topological polar surface area (TPSA) is 65.5 Å². The van der Waals surface area contributed by atoms with Gasteiger partial charge in [0.05, 0.1) is 0 Å². The van der Waals surface area contributed by atoms with Crippen molar-refractivity contribution in [2.45, 2.75) is 26.3 Å². The normalized spacial score (nSPS) is 17.7. The Labute approximate surface area is 137 Å². The van der Waals surface area contributed by atoms with E-state index in [4.69, 9.17) is 0 Å². The standard InChI is InChI=1S/C17H26N4O2/c1-13(2)15(19-16(22)14-7-4-5-8-18-14)17(23)21-10-6-9-20(3)11-12-21/h4-5,7-8,13,15H,6,9-12H2,1-3H3,(H,19,22)/t15-/m1/s1. The van der Waals surface area contributed by atoms with Gasteiger partial charge < -0.3 is 15.1 Å². The van der Waals surface area contributed by atoms with E-state index < -0.39 is 6.04 Å².